The maximum atomic E-state index is 11.1. The van der Waals surface area contributed by atoms with E-state index in [2.05, 4.69) is 0 Å². The van der Waals surface area contributed by atoms with Crippen LogP contribution < -0.4 is 0 Å². The molecule has 0 aliphatic carbocycles. The fourth-order valence-corrected chi connectivity index (χ4v) is 1.38. The lowest BCUT2D eigenvalue weighted by molar-refractivity contribution is 0.438. The molecule has 0 saturated heterocycles. The SMILES string of the molecule is CN(Cc1ccccc1O)S(C)(=O)=O. The first kappa shape index (κ1) is 11.0. The number of hydrogen-bond acceptors (Lipinski definition) is 3. The van der Waals surface area contributed by atoms with Crippen LogP contribution in [0.2, 0.25) is 0 Å². The first-order chi connectivity index (χ1) is 6.41. The Morgan fingerprint density at radius 3 is 2.43 bits per heavy atom. The van der Waals surface area contributed by atoms with Crippen molar-refractivity contribution in [3.63, 3.8) is 0 Å². The Morgan fingerprint density at radius 2 is 1.93 bits per heavy atom. The highest BCUT2D eigenvalue weighted by atomic mass is 32.2. The van der Waals surface area contributed by atoms with Crippen LogP contribution in [0.25, 0.3) is 0 Å². The molecule has 4 nitrogen and oxygen atoms in total. The molecular weight excluding hydrogens is 202 g/mol. The highest BCUT2D eigenvalue weighted by Gasteiger charge is 2.12. The van der Waals surface area contributed by atoms with Crippen molar-refractivity contribution < 1.29 is 13.5 Å². The smallest absolute Gasteiger partial charge is 0.211 e. The van der Waals surface area contributed by atoms with E-state index in [9.17, 15) is 13.5 Å². The summed E-state index contributed by atoms with van der Waals surface area (Å²) >= 11 is 0. The van der Waals surface area contributed by atoms with Crippen molar-refractivity contribution in [2.45, 2.75) is 6.54 Å². The van der Waals surface area contributed by atoms with Gasteiger partial charge in [0.1, 0.15) is 5.75 Å². The van der Waals surface area contributed by atoms with Crippen molar-refractivity contribution >= 4 is 10.0 Å². The number of phenols is 1. The lowest BCUT2D eigenvalue weighted by Crippen LogP contribution is -2.24. The van der Waals surface area contributed by atoms with Crippen molar-refractivity contribution in [2.24, 2.45) is 0 Å². The molecule has 0 aliphatic heterocycles. The molecule has 0 unspecified atom stereocenters. The van der Waals surface area contributed by atoms with Gasteiger partial charge >= 0.3 is 0 Å². The van der Waals surface area contributed by atoms with Crippen LogP contribution in [0.3, 0.4) is 0 Å². The first-order valence-electron chi connectivity index (χ1n) is 4.09. The fourth-order valence-electron chi connectivity index (χ4n) is 1.00. The van der Waals surface area contributed by atoms with Crippen LogP contribution in [-0.4, -0.2) is 31.1 Å². The maximum Gasteiger partial charge on any atom is 0.211 e. The largest absolute Gasteiger partial charge is 0.508 e. The second-order valence-electron chi connectivity index (χ2n) is 3.15. The second-order valence-corrected chi connectivity index (χ2v) is 5.24. The molecule has 0 fully saturated rings. The molecule has 0 heterocycles. The van der Waals surface area contributed by atoms with E-state index in [4.69, 9.17) is 0 Å². The van der Waals surface area contributed by atoms with Crippen molar-refractivity contribution in [3.05, 3.63) is 29.8 Å². The van der Waals surface area contributed by atoms with Crippen molar-refractivity contribution in [1.82, 2.24) is 4.31 Å². The molecule has 14 heavy (non-hydrogen) atoms. The lowest BCUT2D eigenvalue weighted by Gasteiger charge is -2.14. The van der Waals surface area contributed by atoms with Crippen LogP contribution in [0, 0.1) is 0 Å². The molecule has 1 aromatic rings. The van der Waals surface area contributed by atoms with Gasteiger partial charge in [-0.25, -0.2) is 12.7 Å². The summed E-state index contributed by atoms with van der Waals surface area (Å²) in [6, 6.07) is 6.67. The summed E-state index contributed by atoms with van der Waals surface area (Å²) < 4.78 is 23.4. The summed E-state index contributed by atoms with van der Waals surface area (Å²) in [6.07, 6.45) is 1.13. The van der Waals surface area contributed by atoms with Gasteiger partial charge in [-0.2, -0.15) is 0 Å². The molecule has 0 saturated carbocycles. The van der Waals surface area contributed by atoms with Crippen LogP contribution in [0.4, 0.5) is 0 Å². The number of hydrogen-bond donors (Lipinski definition) is 1. The minimum Gasteiger partial charge on any atom is -0.508 e. The van der Waals surface area contributed by atoms with Gasteiger partial charge < -0.3 is 5.11 Å². The molecule has 78 valence electrons. The van der Waals surface area contributed by atoms with E-state index >= 15 is 0 Å². The zero-order valence-electron chi connectivity index (χ0n) is 8.14. The molecule has 0 spiro atoms. The van der Waals surface area contributed by atoms with E-state index in [0.29, 0.717) is 5.56 Å². The minimum absolute atomic E-state index is 0.114. The third-order valence-corrected chi connectivity index (χ3v) is 3.21. The molecule has 0 bridgehead atoms. The third-order valence-electron chi connectivity index (χ3n) is 1.95. The Kier molecular flexibility index (Phi) is 3.13. The zero-order chi connectivity index (χ0) is 10.8. The summed E-state index contributed by atoms with van der Waals surface area (Å²) in [4.78, 5) is 0. The van der Waals surface area contributed by atoms with E-state index in [1.165, 1.54) is 17.4 Å². The lowest BCUT2D eigenvalue weighted by atomic mass is 10.2. The van der Waals surface area contributed by atoms with E-state index in [1.54, 1.807) is 18.2 Å². The number of para-hydroxylation sites is 1. The molecule has 0 radical (unpaired) electrons. The minimum atomic E-state index is -3.20. The van der Waals surface area contributed by atoms with Crippen LogP contribution in [-0.2, 0) is 16.6 Å². The van der Waals surface area contributed by atoms with Gasteiger partial charge in [0.25, 0.3) is 0 Å². The van der Waals surface area contributed by atoms with Crippen LogP contribution in [0.5, 0.6) is 5.75 Å². The van der Waals surface area contributed by atoms with Gasteiger partial charge in [-0.3, -0.25) is 0 Å². The standard InChI is InChI=1S/C9H13NO3S/c1-10(14(2,12)13)7-8-5-3-4-6-9(8)11/h3-6,11H,7H2,1-2H3. The highest BCUT2D eigenvalue weighted by molar-refractivity contribution is 7.88. The Labute approximate surface area is 83.8 Å². The van der Waals surface area contributed by atoms with E-state index in [-0.39, 0.29) is 12.3 Å². The highest BCUT2D eigenvalue weighted by Crippen LogP contribution is 2.17. The molecule has 1 rings (SSSR count). The average molecular weight is 215 g/mol. The quantitative estimate of drug-likeness (QED) is 0.810. The molecule has 1 N–H and O–H groups in total. The number of sulfonamides is 1. The van der Waals surface area contributed by atoms with Crippen molar-refractivity contribution in [3.8, 4) is 5.75 Å². The predicted octanol–water partition coefficient (Wildman–Crippen LogP) is 0.784. The van der Waals surface area contributed by atoms with Gasteiger partial charge in [0.15, 0.2) is 0 Å². The summed E-state index contributed by atoms with van der Waals surface area (Å²) in [5.41, 5.74) is 0.598. The van der Waals surface area contributed by atoms with Gasteiger partial charge in [-0.15, -0.1) is 0 Å². The summed E-state index contributed by atoms with van der Waals surface area (Å²) in [5.74, 6) is 0.114. The number of aromatic hydroxyl groups is 1. The van der Waals surface area contributed by atoms with Crippen LogP contribution in [0.15, 0.2) is 24.3 Å². The van der Waals surface area contributed by atoms with Crippen LogP contribution in [0.1, 0.15) is 5.56 Å². The number of rotatable bonds is 3. The number of nitrogens with zero attached hydrogens (tertiary/aromatic N) is 1. The fraction of sp³-hybridized carbons (Fsp3) is 0.333. The average Bonchev–Trinajstić information content (AvgIpc) is 2.07. The maximum absolute atomic E-state index is 11.1. The number of phenolic OH excluding ortho intramolecular Hbond substituents is 1. The Bertz CT molecular complexity index is 414. The third kappa shape index (κ3) is 2.71. The molecule has 0 aliphatic rings. The molecule has 5 heteroatoms. The van der Waals surface area contributed by atoms with Gasteiger partial charge in [-0.05, 0) is 6.07 Å². The molecule has 0 amide bonds. The Morgan fingerprint density at radius 1 is 1.36 bits per heavy atom. The topological polar surface area (TPSA) is 57.6 Å². The predicted molar refractivity (Wildman–Crippen MR) is 54.4 cm³/mol. The number of benzene rings is 1. The van der Waals surface area contributed by atoms with E-state index in [1.807, 2.05) is 0 Å². The summed E-state index contributed by atoms with van der Waals surface area (Å²) in [6.45, 7) is 0.186. The van der Waals surface area contributed by atoms with Gasteiger partial charge in [0, 0.05) is 19.2 Å². The Hall–Kier alpha value is -1.07. The Balaban J connectivity index is 2.85. The monoisotopic (exact) mass is 215 g/mol. The van der Waals surface area contributed by atoms with Gasteiger partial charge in [-0.1, -0.05) is 18.2 Å². The molecule has 0 atom stereocenters. The van der Waals surface area contributed by atoms with Gasteiger partial charge in [0.05, 0.1) is 6.26 Å². The first-order valence-corrected chi connectivity index (χ1v) is 5.94. The molecular formula is C9H13NO3S. The zero-order valence-corrected chi connectivity index (χ0v) is 8.95. The van der Waals surface area contributed by atoms with Crippen molar-refractivity contribution in [2.75, 3.05) is 13.3 Å². The second kappa shape index (κ2) is 3.98. The molecule has 1 aromatic carbocycles. The summed E-state index contributed by atoms with van der Waals surface area (Å²) in [5, 5.41) is 9.40. The van der Waals surface area contributed by atoms with Crippen molar-refractivity contribution in [1.29, 1.82) is 0 Å². The van der Waals surface area contributed by atoms with E-state index in [0.717, 1.165) is 6.26 Å². The normalized spacial score (nSPS) is 11.9. The molecule has 0 aromatic heterocycles. The van der Waals surface area contributed by atoms with Crippen LogP contribution >= 0.6 is 0 Å². The van der Waals surface area contributed by atoms with Gasteiger partial charge in [0.2, 0.25) is 10.0 Å². The van der Waals surface area contributed by atoms with E-state index < -0.39 is 10.0 Å². The summed E-state index contributed by atoms with van der Waals surface area (Å²) in [7, 11) is -1.72.